The molecule has 0 bridgehead atoms. The molecule has 140 valence electrons. The molecule has 0 atom stereocenters. The topological polar surface area (TPSA) is 77.6 Å². The van der Waals surface area contributed by atoms with Gasteiger partial charge in [-0.1, -0.05) is 36.4 Å². The van der Waals surface area contributed by atoms with Crippen LogP contribution >= 0.6 is 0 Å². The van der Waals surface area contributed by atoms with E-state index in [1.165, 1.54) is 7.11 Å². The Hall–Kier alpha value is -3.05. The fraction of sp³-hybridized carbons (Fsp3) is 0.227. The maximum atomic E-state index is 9.54. The standard InChI is InChI=1S/C22H24N2O3/c1-14-16(12-25)6-4-8-18(14)19-9-5-7-17(15(19)2)13-27-21-11-10-20(23)22(24-21)26-3/h4-11,25H,12-13,23H2,1-3H3. The Morgan fingerprint density at radius 3 is 2.19 bits per heavy atom. The third-order valence-corrected chi connectivity index (χ3v) is 4.79. The monoisotopic (exact) mass is 364 g/mol. The zero-order valence-electron chi connectivity index (χ0n) is 15.8. The molecule has 0 spiro atoms. The Kier molecular flexibility index (Phi) is 5.62. The van der Waals surface area contributed by atoms with E-state index in [1.807, 2.05) is 31.2 Å². The molecule has 1 heterocycles. The predicted octanol–water partition coefficient (Wildman–Crippen LogP) is 4.03. The molecule has 0 aliphatic carbocycles. The number of nitrogens with two attached hydrogens (primary N) is 1. The highest BCUT2D eigenvalue weighted by molar-refractivity contribution is 5.72. The highest BCUT2D eigenvalue weighted by Crippen LogP contribution is 2.31. The number of hydrogen-bond acceptors (Lipinski definition) is 5. The van der Waals surface area contributed by atoms with Crippen LogP contribution in [0.5, 0.6) is 11.8 Å². The second-order valence-electron chi connectivity index (χ2n) is 6.37. The Morgan fingerprint density at radius 2 is 1.56 bits per heavy atom. The molecule has 0 aliphatic rings. The molecule has 0 fully saturated rings. The van der Waals surface area contributed by atoms with Gasteiger partial charge in [0.15, 0.2) is 0 Å². The molecule has 0 saturated heterocycles. The highest BCUT2D eigenvalue weighted by Gasteiger charge is 2.11. The van der Waals surface area contributed by atoms with Crippen molar-refractivity contribution in [1.82, 2.24) is 4.98 Å². The molecule has 0 unspecified atom stereocenters. The van der Waals surface area contributed by atoms with Crippen LogP contribution in [0.25, 0.3) is 11.1 Å². The lowest BCUT2D eigenvalue weighted by molar-refractivity contribution is 0.281. The quantitative estimate of drug-likeness (QED) is 0.690. The molecule has 5 nitrogen and oxygen atoms in total. The number of aliphatic hydroxyl groups is 1. The number of nitrogen functional groups attached to an aromatic ring is 1. The van der Waals surface area contributed by atoms with Gasteiger partial charge in [0.1, 0.15) is 6.61 Å². The summed E-state index contributed by atoms with van der Waals surface area (Å²) in [6.07, 6.45) is 0. The van der Waals surface area contributed by atoms with Crippen molar-refractivity contribution < 1.29 is 14.6 Å². The van der Waals surface area contributed by atoms with E-state index in [1.54, 1.807) is 12.1 Å². The van der Waals surface area contributed by atoms with Crippen LogP contribution in [0.15, 0.2) is 48.5 Å². The number of ether oxygens (including phenoxy) is 2. The van der Waals surface area contributed by atoms with Crippen molar-refractivity contribution in [3.05, 3.63) is 70.8 Å². The summed E-state index contributed by atoms with van der Waals surface area (Å²) in [5.41, 5.74) is 12.7. The van der Waals surface area contributed by atoms with Gasteiger partial charge < -0.3 is 20.3 Å². The molecular formula is C22H24N2O3. The molecule has 5 heteroatoms. The number of hydrogen-bond donors (Lipinski definition) is 2. The molecule has 27 heavy (non-hydrogen) atoms. The molecular weight excluding hydrogens is 340 g/mol. The lowest BCUT2D eigenvalue weighted by Gasteiger charge is -2.16. The van der Waals surface area contributed by atoms with Gasteiger partial charge in [-0.05, 0) is 53.3 Å². The van der Waals surface area contributed by atoms with Crippen LogP contribution in [0.1, 0.15) is 22.3 Å². The molecule has 0 amide bonds. The van der Waals surface area contributed by atoms with Crippen LogP contribution in [-0.4, -0.2) is 17.2 Å². The zero-order valence-corrected chi connectivity index (χ0v) is 15.8. The van der Waals surface area contributed by atoms with Gasteiger partial charge in [-0.15, -0.1) is 0 Å². The Morgan fingerprint density at radius 1 is 0.926 bits per heavy atom. The smallest absolute Gasteiger partial charge is 0.240 e. The molecule has 0 saturated carbocycles. The third kappa shape index (κ3) is 3.88. The van der Waals surface area contributed by atoms with Crippen LogP contribution in [0.2, 0.25) is 0 Å². The fourth-order valence-electron chi connectivity index (χ4n) is 3.11. The van der Waals surface area contributed by atoms with Crippen LogP contribution in [0.3, 0.4) is 0 Å². The van der Waals surface area contributed by atoms with Crippen molar-refractivity contribution in [3.63, 3.8) is 0 Å². The normalized spacial score (nSPS) is 10.7. The second-order valence-corrected chi connectivity index (χ2v) is 6.37. The zero-order chi connectivity index (χ0) is 19.4. The van der Waals surface area contributed by atoms with E-state index in [4.69, 9.17) is 15.2 Å². The minimum atomic E-state index is 0.0339. The number of methoxy groups -OCH3 is 1. The van der Waals surface area contributed by atoms with E-state index in [0.29, 0.717) is 24.1 Å². The molecule has 2 aromatic carbocycles. The summed E-state index contributed by atoms with van der Waals surface area (Å²) in [6, 6.07) is 15.6. The first-order valence-electron chi connectivity index (χ1n) is 8.76. The number of nitrogens with zero attached hydrogens (tertiary/aromatic N) is 1. The van der Waals surface area contributed by atoms with Gasteiger partial charge in [0, 0.05) is 6.07 Å². The summed E-state index contributed by atoms with van der Waals surface area (Å²) >= 11 is 0. The average molecular weight is 364 g/mol. The predicted molar refractivity (Wildman–Crippen MR) is 107 cm³/mol. The maximum Gasteiger partial charge on any atom is 0.240 e. The molecule has 3 N–H and O–H groups in total. The number of benzene rings is 2. The van der Waals surface area contributed by atoms with Crippen molar-refractivity contribution in [2.24, 2.45) is 0 Å². The third-order valence-electron chi connectivity index (χ3n) is 4.79. The Bertz CT molecular complexity index is 954. The number of aliphatic hydroxyl groups excluding tert-OH is 1. The summed E-state index contributed by atoms with van der Waals surface area (Å²) in [5, 5.41) is 9.54. The van der Waals surface area contributed by atoms with E-state index in [0.717, 1.165) is 33.4 Å². The number of aromatic nitrogens is 1. The first-order chi connectivity index (χ1) is 13.0. The van der Waals surface area contributed by atoms with Crippen LogP contribution in [0, 0.1) is 13.8 Å². The van der Waals surface area contributed by atoms with Crippen LogP contribution in [-0.2, 0) is 13.2 Å². The summed E-state index contributed by atoms with van der Waals surface area (Å²) < 4.78 is 11.0. The number of pyridine rings is 1. The SMILES string of the molecule is COc1nc(OCc2cccc(-c3cccc(CO)c3C)c2C)ccc1N. The number of rotatable bonds is 6. The maximum absolute atomic E-state index is 9.54. The van der Waals surface area contributed by atoms with E-state index < -0.39 is 0 Å². The Balaban J connectivity index is 1.88. The van der Waals surface area contributed by atoms with Gasteiger partial charge in [-0.2, -0.15) is 4.98 Å². The van der Waals surface area contributed by atoms with E-state index >= 15 is 0 Å². The van der Waals surface area contributed by atoms with Crippen LogP contribution in [0.4, 0.5) is 5.69 Å². The van der Waals surface area contributed by atoms with Crippen molar-refractivity contribution >= 4 is 5.69 Å². The first-order valence-corrected chi connectivity index (χ1v) is 8.76. The molecule has 3 rings (SSSR count). The number of anilines is 1. The van der Waals surface area contributed by atoms with Crippen molar-refractivity contribution in [3.8, 4) is 22.9 Å². The van der Waals surface area contributed by atoms with Crippen LogP contribution < -0.4 is 15.2 Å². The van der Waals surface area contributed by atoms with Gasteiger partial charge in [0.2, 0.25) is 11.8 Å². The highest BCUT2D eigenvalue weighted by atomic mass is 16.5. The minimum Gasteiger partial charge on any atom is -0.479 e. The van der Waals surface area contributed by atoms with Gasteiger partial charge in [0.25, 0.3) is 0 Å². The first kappa shape index (κ1) is 18.7. The largest absolute Gasteiger partial charge is 0.479 e. The van der Waals surface area contributed by atoms with E-state index in [9.17, 15) is 5.11 Å². The molecule has 3 aromatic rings. The average Bonchev–Trinajstić information content (AvgIpc) is 2.68. The Labute approximate surface area is 159 Å². The summed E-state index contributed by atoms with van der Waals surface area (Å²) in [4.78, 5) is 4.26. The van der Waals surface area contributed by atoms with Crippen molar-refractivity contribution in [2.45, 2.75) is 27.1 Å². The molecule has 0 aliphatic heterocycles. The lowest BCUT2D eigenvalue weighted by atomic mass is 9.92. The fourth-order valence-corrected chi connectivity index (χ4v) is 3.11. The van der Waals surface area contributed by atoms with Crippen molar-refractivity contribution in [2.75, 3.05) is 12.8 Å². The molecule has 0 radical (unpaired) electrons. The summed E-state index contributed by atoms with van der Waals surface area (Å²) in [6.45, 7) is 4.54. The van der Waals surface area contributed by atoms with E-state index in [-0.39, 0.29) is 6.61 Å². The van der Waals surface area contributed by atoms with Gasteiger partial charge in [-0.3, -0.25) is 0 Å². The van der Waals surface area contributed by atoms with Gasteiger partial charge in [-0.25, -0.2) is 0 Å². The summed E-state index contributed by atoms with van der Waals surface area (Å²) in [5.74, 6) is 0.818. The lowest BCUT2D eigenvalue weighted by Crippen LogP contribution is -2.03. The minimum absolute atomic E-state index is 0.0339. The van der Waals surface area contributed by atoms with E-state index in [2.05, 4.69) is 24.0 Å². The van der Waals surface area contributed by atoms with Gasteiger partial charge in [0.05, 0.1) is 19.4 Å². The van der Waals surface area contributed by atoms with Gasteiger partial charge >= 0.3 is 0 Å². The summed E-state index contributed by atoms with van der Waals surface area (Å²) in [7, 11) is 1.53. The molecule has 1 aromatic heterocycles. The van der Waals surface area contributed by atoms with Crippen molar-refractivity contribution in [1.29, 1.82) is 0 Å². The second kappa shape index (κ2) is 8.10.